The van der Waals surface area contributed by atoms with Gasteiger partial charge in [0.15, 0.2) is 5.76 Å². The molecule has 0 aliphatic rings. The van der Waals surface area contributed by atoms with Crippen molar-refractivity contribution in [1.82, 2.24) is 5.43 Å². The van der Waals surface area contributed by atoms with E-state index in [0.29, 0.717) is 28.2 Å². The van der Waals surface area contributed by atoms with Crippen molar-refractivity contribution in [2.24, 2.45) is 5.10 Å². The SMILES string of the molecule is Cc1cc(-c2ccc(/C=N/NC(=O)c3cc4c(ccc5ccccc54)o3)o2)cc([N+](=O)[O-])c1C. The number of fused-ring (bicyclic) bond motifs is 3. The lowest BCUT2D eigenvalue weighted by Crippen LogP contribution is -2.16. The molecule has 5 rings (SSSR count). The van der Waals surface area contributed by atoms with Gasteiger partial charge in [0.25, 0.3) is 5.69 Å². The number of nitrogens with zero attached hydrogens (tertiary/aromatic N) is 2. The van der Waals surface area contributed by atoms with Crippen LogP contribution in [0.15, 0.2) is 80.7 Å². The second-order valence-electron chi connectivity index (χ2n) is 7.90. The van der Waals surface area contributed by atoms with E-state index in [2.05, 4.69) is 10.5 Å². The summed E-state index contributed by atoms with van der Waals surface area (Å²) in [7, 11) is 0. The van der Waals surface area contributed by atoms with E-state index < -0.39 is 10.8 Å². The molecule has 8 nitrogen and oxygen atoms in total. The fourth-order valence-corrected chi connectivity index (χ4v) is 3.86. The lowest BCUT2D eigenvalue weighted by molar-refractivity contribution is -0.385. The van der Waals surface area contributed by atoms with Crippen molar-refractivity contribution in [2.45, 2.75) is 13.8 Å². The number of nitrogens with one attached hydrogen (secondary N) is 1. The Kier molecular flexibility index (Phi) is 5.18. The molecule has 0 radical (unpaired) electrons. The summed E-state index contributed by atoms with van der Waals surface area (Å²) in [5, 5.41) is 18.2. The quantitative estimate of drug-likeness (QED) is 0.195. The summed E-state index contributed by atoms with van der Waals surface area (Å²) in [6, 6.07) is 20.0. The van der Waals surface area contributed by atoms with Gasteiger partial charge in [0, 0.05) is 22.6 Å². The van der Waals surface area contributed by atoms with Crippen LogP contribution in [0.1, 0.15) is 27.4 Å². The Morgan fingerprint density at radius 3 is 2.65 bits per heavy atom. The predicted molar refractivity (Wildman–Crippen MR) is 129 cm³/mol. The van der Waals surface area contributed by atoms with Crippen LogP contribution in [0.2, 0.25) is 0 Å². The number of hydrazone groups is 1. The van der Waals surface area contributed by atoms with E-state index in [0.717, 1.165) is 21.7 Å². The third kappa shape index (κ3) is 3.81. The minimum atomic E-state index is -0.493. The van der Waals surface area contributed by atoms with Gasteiger partial charge >= 0.3 is 5.91 Å². The van der Waals surface area contributed by atoms with Crippen molar-refractivity contribution >= 4 is 39.6 Å². The average Bonchev–Trinajstić information content (AvgIpc) is 3.48. The summed E-state index contributed by atoms with van der Waals surface area (Å²) in [5.74, 6) is 0.495. The molecule has 0 spiro atoms. The van der Waals surface area contributed by atoms with E-state index in [9.17, 15) is 14.9 Å². The van der Waals surface area contributed by atoms with Crippen LogP contribution in [-0.4, -0.2) is 17.0 Å². The molecule has 2 aromatic heterocycles. The fraction of sp³-hybridized carbons (Fsp3) is 0.0769. The molecule has 34 heavy (non-hydrogen) atoms. The largest absolute Gasteiger partial charge is 0.455 e. The van der Waals surface area contributed by atoms with Crippen LogP contribution in [-0.2, 0) is 0 Å². The summed E-state index contributed by atoms with van der Waals surface area (Å²) in [6.07, 6.45) is 1.36. The van der Waals surface area contributed by atoms with Crippen molar-refractivity contribution in [3.63, 3.8) is 0 Å². The molecule has 3 aromatic carbocycles. The number of rotatable bonds is 5. The maximum atomic E-state index is 12.5. The first-order valence-electron chi connectivity index (χ1n) is 10.5. The molecule has 0 atom stereocenters. The topological polar surface area (TPSA) is 111 Å². The molecule has 0 fully saturated rings. The van der Waals surface area contributed by atoms with E-state index in [1.165, 1.54) is 12.3 Å². The number of nitro benzene ring substituents is 1. The number of nitro groups is 1. The van der Waals surface area contributed by atoms with Gasteiger partial charge in [0.2, 0.25) is 0 Å². The Bertz CT molecular complexity index is 1610. The van der Waals surface area contributed by atoms with Gasteiger partial charge in [0.1, 0.15) is 17.1 Å². The highest BCUT2D eigenvalue weighted by molar-refractivity contribution is 6.08. The Morgan fingerprint density at radius 1 is 1.00 bits per heavy atom. The third-order valence-corrected chi connectivity index (χ3v) is 5.76. The van der Waals surface area contributed by atoms with Crippen LogP contribution in [0.25, 0.3) is 33.1 Å². The maximum absolute atomic E-state index is 12.5. The molecule has 2 heterocycles. The summed E-state index contributed by atoms with van der Waals surface area (Å²) in [6.45, 7) is 3.53. The number of carbonyl (C=O) groups excluding carboxylic acids is 1. The van der Waals surface area contributed by atoms with Gasteiger partial charge in [-0.2, -0.15) is 5.10 Å². The first kappa shape index (κ1) is 21.1. The molecule has 0 saturated heterocycles. The Hall–Kier alpha value is -4.72. The van der Waals surface area contributed by atoms with E-state index >= 15 is 0 Å². The minimum Gasteiger partial charge on any atom is -0.455 e. The van der Waals surface area contributed by atoms with Crippen LogP contribution in [0.5, 0.6) is 0 Å². The van der Waals surface area contributed by atoms with Gasteiger partial charge in [0.05, 0.1) is 11.1 Å². The standard InChI is InChI=1S/C26H19N3O5/c1-15-11-18(12-22(16(15)2)29(31)32)23-10-8-19(33-23)14-27-28-26(30)25-13-21-20-6-4-3-5-17(20)7-9-24(21)34-25/h3-14H,1-2H3,(H,28,30)/b27-14+. The Morgan fingerprint density at radius 2 is 1.82 bits per heavy atom. The van der Waals surface area contributed by atoms with Crippen LogP contribution in [0, 0.1) is 24.0 Å². The van der Waals surface area contributed by atoms with Gasteiger partial charge in [-0.25, -0.2) is 5.43 Å². The van der Waals surface area contributed by atoms with E-state index in [4.69, 9.17) is 8.83 Å². The number of aryl methyl sites for hydroxylation is 1. The van der Waals surface area contributed by atoms with Crippen molar-refractivity contribution in [2.75, 3.05) is 0 Å². The molecule has 0 aliphatic carbocycles. The molecule has 168 valence electrons. The predicted octanol–water partition coefficient (Wildman–Crippen LogP) is 6.13. The van der Waals surface area contributed by atoms with Gasteiger partial charge in [-0.05, 0) is 60.5 Å². The minimum absolute atomic E-state index is 0.0347. The molecular weight excluding hydrogens is 434 g/mol. The van der Waals surface area contributed by atoms with Crippen molar-refractivity contribution < 1.29 is 18.6 Å². The fourth-order valence-electron chi connectivity index (χ4n) is 3.86. The zero-order valence-electron chi connectivity index (χ0n) is 18.4. The first-order chi connectivity index (χ1) is 16.4. The third-order valence-electron chi connectivity index (χ3n) is 5.76. The number of benzene rings is 3. The van der Waals surface area contributed by atoms with Crippen molar-refractivity contribution in [1.29, 1.82) is 0 Å². The molecule has 0 saturated carbocycles. The number of hydrogen-bond acceptors (Lipinski definition) is 6. The van der Waals surface area contributed by atoms with Gasteiger partial charge in [-0.3, -0.25) is 14.9 Å². The molecular formula is C26H19N3O5. The summed E-state index contributed by atoms with van der Waals surface area (Å²) in [4.78, 5) is 23.4. The van der Waals surface area contributed by atoms with E-state index in [1.807, 2.05) is 49.4 Å². The molecule has 1 N–H and O–H groups in total. The molecule has 0 unspecified atom stereocenters. The normalized spacial score (nSPS) is 11.5. The lowest BCUT2D eigenvalue weighted by atomic mass is 10.0. The summed E-state index contributed by atoms with van der Waals surface area (Å²) >= 11 is 0. The second kappa shape index (κ2) is 8.32. The number of amides is 1. The zero-order chi connectivity index (χ0) is 23.8. The van der Waals surface area contributed by atoms with Crippen LogP contribution >= 0.6 is 0 Å². The second-order valence-corrected chi connectivity index (χ2v) is 7.90. The average molecular weight is 453 g/mol. The zero-order valence-corrected chi connectivity index (χ0v) is 18.4. The molecule has 0 bridgehead atoms. The highest BCUT2D eigenvalue weighted by atomic mass is 16.6. The van der Waals surface area contributed by atoms with Crippen LogP contribution < -0.4 is 5.43 Å². The van der Waals surface area contributed by atoms with Crippen molar-refractivity contribution in [3.8, 4) is 11.3 Å². The summed E-state index contributed by atoms with van der Waals surface area (Å²) in [5.41, 5.74) is 5.08. The first-order valence-corrected chi connectivity index (χ1v) is 10.5. The smallest absolute Gasteiger partial charge is 0.307 e. The summed E-state index contributed by atoms with van der Waals surface area (Å²) < 4.78 is 11.4. The Balaban J connectivity index is 1.33. The number of carbonyl (C=O) groups is 1. The van der Waals surface area contributed by atoms with Gasteiger partial charge in [-0.1, -0.05) is 30.3 Å². The van der Waals surface area contributed by atoms with E-state index in [-0.39, 0.29) is 11.4 Å². The highest BCUT2D eigenvalue weighted by Gasteiger charge is 2.17. The molecule has 8 heteroatoms. The maximum Gasteiger partial charge on any atom is 0.307 e. The van der Waals surface area contributed by atoms with Gasteiger partial charge < -0.3 is 8.83 Å². The molecule has 0 aliphatic heterocycles. The highest BCUT2D eigenvalue weighted by Crippen LogP contribution is 2.31. The Labute approximate surface area is 193 Å². The van der Waals surface area contributed by atoms with Crippen molar-refractivity contribution in [3.05, 3.63) is 99.5 Å². The van der Waals surface area contributed by atoms with Gasteiger partial charge in [-0.15, -0.1) is 0 Å². The number of hydrogen-bond donors (Lipinski definition) is 1. The molecule has 1 amide bonds. The monoisotopic (exact) mass is 453 g/mol. The van der Waals surface area contributed by atoms with E-state index in [1.54, 1.807) is 25.1 Å². The lowest BCUT2D eigenvalue weighted by Gasteiger charge is -2.04. The number of furan rings is 2. The van der Waals surface area contributed by atoms with Crippen LogP contribution in [0.4, 0.5) is 5.69 Å². The molecule has 5 aromatic rings. The van der Waals surface area contributed by atoms with Crippen LogP contribution in [0.3, 0.4) is 0 Å².